The van der Waals surface area contributed by atoms with Crippen LogP contribution >= 0.6 is 24.0 Å². The fraction of sp³-hybridized carbons (Fsp3) is 0.846. The van der Waals surface area contributed by atoms with Gasteiger partial charge in [0.05, 0.1) is 0 Å². The van der Waals surface area contributed by atoms with Crippen LogP contribution in [0.3, 0.4) is 0 Å². The molecule has 0 aromatic heterocycles. The van der Waals surface area contributed by atoms with E-state index in [0.717, 1.165) is 12.4 Å². The second-order valence-corrected chi connectivity index (χ2v) is 5.75. The Labute approximate surface area is 140 Å². The van der Waals surface area contributed by atoms with Crippen LogP contribution in [0.2, 0.25) is 0 Å². The van der Waals surface area contributed by atoms with Gasteiger partial charge in [-0.05, 0) is 27.2 Å². The summed E-state index contributed by atoms with van der Waals surface area (Å²) in [6, 6.07) is 0. The largest absolute Gasteiger partial charge is 0.444 e. The molecule has 0 aliphatic carbocycles. The maximum atomic E-state index is 11.4. The molecule has 0 saturated heterocycles. The third kappa shape index (κ3) is 11.1. The van der Waals surface area contributed by atoms with E-state index >= 15 is 0 Å². The second kappa shape index (κ2) is 10.1. The smallest absolute Gasteiger partial charge is 0.407 e. The highest BCUT2D eigenvalue weighted by Gasteiger charge is 2.15. The Balaban J connectivity index is 0. The van der Waals surface area contributed by atoms with Gasteiger partial charge in [0, 0.05) is 41.3 Å². The van der Waals surface area contributed by atoms with Crippen molar-refractivity contribution < 1.29 is 9.53 Å². The number of guanidine groups is 1. The zero-order valence-corrected chi connectivity index (χ0v) is 16.0. The quantitative estimate of drug-likeness (QED) is 0.340. The molecule has 0 spiro atoms. The molecule has 6 nitrogen and oxygen atoms in total. The number of ether oxygens (including phenoxy) is 1. The molecule has 0 aliphatic rings. The van der Waals surface area contributed by atoms with Gasteiger partial charge in [0.25, 0.3) is 0 Å². The van der Waals surface area contributed by atoms with E-state index in [0.29, 0.717) is 13.1 Å². The summed E-state index contributed by atoms with van der Waals surface area (Å²) in [5.41, 5.74) is -0.453. The Morgan fingerprint density at radius 1 is 1.15 bits per heavy atom. The van der Waals surface area contributed by atoms with Crippen LogP contribution in [0.5, 0.6) is 0 Å². The van der Waals surface area contributed by atoms with Gasteiger partial charge in [-0.25, -0.2) is 4.79 Å². The van der Waals surface area contributed by atoms with Crippen molar-refractivity contribution in [3.63, 3.8) is 0 Å². The molecular formula is C13H29IN4O2. The first-order valence-corrected chi connectivity index (χ1v) is 6.49. The molecule has 0 radical (unpaired) electrons. The van der Waals surface area contributed by atoms with Crippen molar-refractivity contribution in [2.75, 3.05) is 41.3 Å². The number of carbonyl (C=O) groups excluding carboxylic acids is 1. The Morgan fingerprint density at radius 2 is 1.65 bits per heavy atom. The Bertz CT molecular complexity index is 302. The minimum absolute atomic E-state index is 0. The molecule has 0 rings (SSSR count). The van der Waals surface area contributed by atoms with Gasteiger partial charge >= 0.3 is 6.09 Å². The molecule has 0 unspecified atom stereocenters. The van der Waals surface area contributed by atoms with Gasteiger partial charge in [-0.1, -0.05) is 0 Å². The second-order valence-electron chi connectivity index (χ2n) is 5.75. The van der Waals surface area contributed by atoms with Crippen LogP contribution in [0.4, 0.5) is 4.79 Å². The number of nitrogens with one attached hydrogen (secondary N) is 1. The normalized spacial score (nSPS) is 10.2. The van der Waals surface area contributed by atoms with Crippen LogP contribution in [0.25, 0.3) is 0 Å². The number of carbonyl (C=O) groups is 1. The lowest BCUT2D eigenvalue weighted by Crippen LogP contribution is -2.36. The predicted molar refractivity (Wildman–Crippen MR) is 93.9 cm³/mol. The zero-order chi connectivity index (χ0) is 15.1. The van der Waals surface area contributed by atoms with Crippen LogP contribution in [-0.4, -0.2) is 68.7 Å². The number of aliphatic imine (C=N–C) groups is 1. The average molecular weight is 400 g/mol. The first-order chi connectivity index (χ1) is 8.63. The summed E-state index contributed by atoms with van der Waals surface area (Å²) < 4.78 is 5.14. The van der Waals surface area contributed by atoms with Crippen LogP contribution in [0.1, 0.15) is 27.2 Å². The molecule has 0 aliphatic heterocycles. The van der Waals surface area contributed by atoms with E-state index in [2.05, 4.69) is 10.3 Å². The van der Waals surface area contributed by atoms with Crippen molar-refractivity contribution in [3.05, 3.63) is 0 Å². The average Bonchev–Trinajstić information content (AvgIpc) is 2.19. The summed E-state index contributed by atoms with van der Waals surface area (Å²) in [7, 11) is 7.82. The topological polar surface area (TPSA) is 57.2 Å². The SMILES string of the molecule is CN(C)C(=NCCCNC(=O)OC(C)(C)C)N(C)C.I. The van der Waals surface area contributed by atoms with Crippen molar-refractivity contribution in [1.29, 1.82) is 0 Å². The molecule has 0 atom stereocenters. The molecule has 0 fully saturated rings. The fourth-order valence-electron chi connectivity index (χ4n) is 1.45. The lowest BCUT2D eigenvalue weighted by molar-refractivity contribution is 0.0527. The van der Waals surface area contributed by atoms with E-state index < -0.39 is 5.60 Å². The third-order valence-corrected chi connectivity index (χ3v) is 2.06. The number of rotatable bonds is 4. The molecule has 20 heavy (non-hydrogen) atoms. The van der Waals surface area contributed by atoms with Crippen LogP contribution in [0.15, 0.2) is 4.99 Å². The van der Waals surface area contributed by atoms with Crippen LogP contribution in [0, 0.1) is 0 Å². The summed E-state index contributed by atoms with van der Waals surface area (Å²) >= 11 is 0. The molecule has 120 valence electrons. The predicted octanol–water partition coefficient (Wildman–Crippen LogP) is 2.00. The van der Waals surface area contributed by atoms with Crippen molar-refractivity contribution in [2.24, 2.45) is 4.99 Å². The molecular weight excluding hydrogens is 371 g/mol. The van der Waals surface area contributed by atoms with Gasteiger partial charge in [0.1, 0.15) is 5.60 Å². The van der Waals surface area contributed by atoms with Crippen LogP contribution in [-0.2, 0) is 4.74 Å². The molecule has 0 bridgehead atoms. The Kier molecular flexibility index (Phi) is 10.9. The molecule has 0 saturated carbocycles. The van der Waals surface area contributed by atoms with Crippen molar-refractivity contribution in [1.82, 2.24) is 15.1 Å². The van der Waals surface area contributed by atoms with E-state index in [1.54, 1.807) is 0 Å². The standard InChI is InChI=1S/C13H28N4O2.HI/c1-13(2,3)19-12(18)15-10-8-9-14-11(16(4)5)17(6)7;/h8-10H2,1-7H3,(H,15,18);1H. The first kappa shape index (κ1) is 21.6. The number of amides is 1. The van der Waals surface area contributed by atoms with Crippen molar-refractivity contribution in [3.8, 4) is 0 Å². The van der Waals surface area contributed by atoms with Gasteiger partial charge in [0.2, 0.25) is 0 Å². The highest BCUT2D eigenvalue weighted by Crippen LogP contribution is 2.06. The molecule has 0 aromatic carbocycles. The molecule has 0 heterocycles. The van der Waals surface area contributed by atoms with Crippen molar-refractivity contribution >= 4 is 36.0 Å². The zero-order valence-electron chi connectivity index (χ0n) is 13.7. The lowest BCUT2D eigenvalue weighted by Gasteiger charge is -2.22. The number of halogens is 1. The summed E-state index contributed by atoms with van der Waals surface area (Å²) in [5.74, 6) is 0.914. The Hall–Kier alpha value is -0.730. The number of hydrogen-bond acceptors (Lipinski definition) is 3. The summed E-state index contributed by atoms with van der Waals surface area (Å²) in [5, 5.41) is 2.71. The number of hydrogen-bond donors (Lipinski definition) is 1. The minimum Gasteiger partial charge on any atom is -0.444 e. The summed E-state index contributed by atoms with van der Waals surface area (Å²) in [4.78, 5) is 19.8. The first-order valence-electron chi connectivity index (χ1n) is 6.49. The minimum atomic E-state index is -0.453. The molecule has 1 amide bonds. The number of nitrogens with zero attached hydrogens (tertiary/aromatic N) is 3. The van der Waals surface area contributed by atoms with E-state index in [1.165, 1.54) is 0 Å². The molecule has 1 N–H and O–H groups in total. The molecule has 0 aromatic rings. The van der Waals surface area contributed by atoms with E-state index in [4.69, 9.17) is 4.74 Å². The number of alkyl carbamates (subject to hydrolysis) is 1. The third-order valence-electron chi connectivity index (χ3n) is 2.06. The van der Waals surface area contributed by atoms with Gasteiger partial charge in [0.15, 0.2) is 5.96 Å². The highest BCUT2D eigenvalue weighted by atomic mass is 127. The van der Waals surface area contributed by atoms with Gasteiger partial charge in [-0.3, -0.25) is 4.99 Å². The van der Waals surface area contributed by atoms with Gasteiger partial charge in [-0.15, -0.1) is 24.0 Å². The van der Waals surface area contributed by atoms with Gasteiger partial charge in [-0.2, -0.15) is 0 Å². The van der Waals surface area contributed by atoms with Crippen molar-refractivity contribution in [2.45, 2.75) is 32.8 Å². The van der Waals surface area contributed by atoms with E-state index in [1.807, 2.05) is 58.8 Å². The lowest BCUT2D eigenvalue weighted by atomic mass is 10.2. The van der Waals surface area contributed by atoms with Crippen LogP contribution < -0.4 is 5.32 Å². The van der Waals surface area contributed by atoms with E-state index in [9.17, 15) is 4.79 Å². The highest BCUT2D eigenvalue weighted by molar-refractivity contribution is 14.0. The fourth-order valence-corrected chi connectivity index (χ4v) is 1.45. The van der Waals surface area contributed by atoms with E-state index in [-0.39, 0.29) is 30.1 Å². The maximum absolute atomic E-state index is 11.4. The summed E-state index contributed by atoms with van der Waals surface area (Å²) in [6.45, 7) is 6.76. The monoisotopic (exact) mass is 400 g/mol. The maximum Gasteiger partial charge on any atom is 0.407 e. The Morgan fingerprint density at radius 3 is 2.05 bits per heavy atom. The summed E-state index contributed by atoms with van der Waals surface area (Å²) in [6.07, 6.45) is 0.404. The van der Waals surface area contributed by atoms with Gasteiger partial charge < -0.3 is 19.9 Å². The molecule has 7 heteroatoms.